The average molecular weight is 413 g/mol. The molecule has 2 unspecified atom stereocenters. The zero-order valence-electron chi connectivity index (χ0n) is 18.2. The van der Waals surface area contributed by atoms with Crippen LogP contribution in [0.4, 0.5) is 5.82 Å². The van der Waals surface area contributed by atoms with Crippen LogP contribution in [0, 0.1) is 11.8 Å². The molecule has 1 aliphatic carbocycles. The summed E-state index contributed by atoms with van der Waals surface area (Å²) >= 11 is 0. The number of ether oxygens (including phenoxy) is 1. The monoisotopic (exact) mass is 412 g/mol. The first-order chi connectivity index (χ1) is 14.3. The molecule has 7 nitrogen and oxygen atoms in total. The summed E-state index contributed by atoms with van der Waals surface area (Å²) < 4.78 is 5.76. The van der Waals surface area contributed by atoms with Gasteiger partial charge in [0.1, 0.15) is 11.4 Å². The summed E-state index contributed by atoms with van der Waals surface area (Å²) in [4.78, 5) is 30.3. The molecule has 2 N–H and O–H groups in total. The molecule has 2 aliphatic rings. The Hall–Kier alpha value is -2.43. The number of amides is 2. The maximum atomic E-state index is 12.8. The van der Waals surface area contributed by atoms with Gasteiger partial charge in [-0.2, -0.15) is 0 Å². The van der Waals surface area contributed by atoms with E-state index in [1.54, 1.807) is 12.3 Å². The van der Waals surface area contributed by atoms with Crippen molar-refractivity contribution in [2.75, 3.05) is 25.0 Å². The Kier molecular flexibility index (Phi) is 7.46. The third kappa shape index (κ3) is 6.54. The smallest absolute Gasteiger partial charge is 0.235 e. The minimum Gasteiger partial charge on any atom is -0.373 e. The fraction of sp³-hybridized carbons (Fsp3) is 0.609. The highest BCUT2D eigenvalue weighted by molar-refractivity contribution is 5.87. The Bertz CT molecular complexity index is 796. The van der Waals surface area contributed by atoms with Gasteiger partial charge in [-0.3, -0.25) is 14.5 Å². The van der Waals surface area contributed by atoms with Crippen molar-refractivity contribution >= 4 is 17.6 Å². The number of nitrogens with zero attached hydrogens (tertiary/aromatic N) is 2. The van der Waals surface area contributed by atoms with E-state index in [0.29, 0.717) is 12.4 Å². The molecule has 0 aromatic carbocycles. The van der Waals surface area contributed by atoms with E-state index in [1.165, 1.54) is 13.3 Å². The molecular weight excluding hydrogens is 380 g/mol. The number of hydrogen-bond donors (Lipinski definition) is 2. The average Bonchev–Trinajstić information content (AvgIpc) is 2.67. The van der Waals surface area contributed by atoms with Gasteiger partial charge in [0.05, 0.1) is 18.8 Å². The number of anilines is 1. The normalized spacial score (nSPS) is 23.7. The Morgan fingerprint density at radius 2 is 1.90 bits per heavy atom. The molecule has 0 radical (unpaired) electrons. The van der Waals surface area contributed by atoms with Crippen LogP contribution in [0.1, 0.15) is 58.4 Å². The van der Waals surface area contributed by atoms with E-state index in [9.17, 15) is 9.59 Å². The molecule has 162 valence electrons. The molecule has 1 saturated carbocycles. The van der Waals surface area contributed by atoms with Gasteiger partial charge in [-0.1, -0.05) is 31.1 Å². The van der Waals surface area contributed by atoms with Crippen molar-refractivity contribution < 1.29 is 14.3 Å². The third-order valence-corrected chi connectivity index (χ3v) is 5.46. The highest BCUT2D eigenvalue weighted by Gasteiger charge is 2.33. The van der Waals surface area contributed by atoms with E-state index < -0.39 is 5.54 Å². The van der Waals surface area contributed by atoms with E-state index in [4.69, 9.17) is 4.74 Å². The molecule has 3 rings (SSSR count). The lowest BCUT2D eigenvalue weighted by Gasteiger charge is -2.37. The topological polar surface area (TPSA) is 83.6 Å². The number of rotatable bonds is 4. The highest BCUT2D eigenvalue weighted by Crippen LogP contribution is 2.28. The van der Waals surface area contributed by atoms with Crippen molar-refractivity contribution in [2.24, 2.45) is 0 Å². The summed E-state index contributed by atoms with van der Waals surface area (Å²) in [6, 6.07) is 3.57. The Balaban J connectivity index is 1.66. The van der Waals surface area contributed by atoms with Crippen LogP contribution in [-0.2, 0) is 14.3 Å². The molecule has 1 aromatic heterocycles. The van der Waals surface area contributed by atoms with Crippen LogP contribution in [0.5, 0.6) is 0 Å². The van der Waals surface area contributed by atoms with Gasteiger partial charge in [0.25, 0.3) is 0 Å². The zero-order valence-corrected chi connectivity index (χ0v) is 18.2. The van der Waals surface area contributed by atoms with Crippen molar-refractivity contribution in [3.63, 3.8) is 0 Å². The van der Waals surface area contributed by atoms with E-state index >= 15 is 0 Å². The molecule has 2 atom stereocenters. The maximum absolute atomic E-state index is 12.8. The Labute approximate surface area is 179 Å². The lowest BCUT2D eigenvalue weighted by molar-refractivity contribution is -0.127. The van der Waals surface area contributed by atoms with Crippen molar-refractivity contribution in [1.29, 1.82) is 0 Å². The van der Waals surface area contributed by atoms with Crippen LogP contribution in [0.15, 0.2) is 18.3 Å². The van der Waals surface area contributed by atoms with Crippen LogP contribution in [0.2, 0.25) is 0 Å². The molecule has 0 bridgehead atoms. The minimum atomic E-state index is -0.491. The van der Waals surface area contributed by atoms with E-state index in [0.717, 1.165) is 44.3 Å². The van der Waals surface area contributed by atoms with Gasteiger partial charge in [0.2, 0.25) is 11.8 Å². The fourth-order valence-electron chi connectivity index (χ4n) is 4.27. The molecule has 2 fully saturated rings. The summed E-state index contributed by atoms with van der Waals surface area (Å²) in [5.74, 6) is 6.89. The van der Waals surface area contributed by atoms with Crippen LogP contribution >= 0.6 is 0 Å². The van der Waals surface area contributed by atoms with Gasteiger partial charge >= 0.3 is 0 Å². The molecule has 1 aliphatic heterocycles. The third-order valence-electron chi connectivity index (χ3n) is 5.46. The zero-order chi connectivity index (χ0) is 21.6. The standard InChI is InChI=1S/C23H32N4O3/c1-17-14-27(15-18(2)30-17)16-22(29)26-23(10-5-4-6-11-23)12-9-20-7-8-21(24-13-20)25-19(3)28/h7-8,13,17-18H,4-6,10-11,14-16H2,1-3H3,(H,26,29)(H,24,25,28). The quantitative estimate of drug-likeness (QED) is 0.742. The fourth-order valence-corrected chi connectivity index (χ4v) is 4.27. The van der Waals surface area contributed by atoms with Crippen molar-refractivity contribution in [2.45, 2.75) is 70.6 Å². The second kappa shape index (κ2) is 10.1. The molecule has 1 saturated heterocycles. The molecule has 2 heterocycles. The predicted molar refractivity (Wildman–Crippen MR) is 116 cm³/mol. The first kappa shape index (κ1) is 22.3. The summed E-state index contributed by atoms with van der Waals surface area (Å²) in [5, 5.41) is 5.89. The molecule has 2 amide bonds. The van der Waals surface area contributed by atoms with Gasteiger partial charge < -0.3 is 15.4 Å². The Morgan fingerprint density at radius 3 is 2.50 bits per heavy atom. The van der Waals surface area contributed by atoms with Gasteiger partial charge in [-0.25, -0.2) is 4.98 Å². The maximum Gasteiger partial charge on any atom is 0.235 e. The number of aromatic nitrogens is 1. The number of hydrogen-bond acceptors (Lipinski definition) is 5. The summed E-state index contributed by atoms with van der Waals surface area (Å²) in [6.07, 6.45) is 6.92. The SMILES string of the molecule is CC(=O)Nc1ccc(C#CC2(NC(=O)CN3CC(C)OC(C)C3)CCCCC2)cn1. The predicted octanol–water partition coefficient (Wildman–Crippen LogP) is 2.32. The Morgan fingerprint density at radius 1 is 1.20 bits per heavy atom. The number of carbonyl (C=O) groups excluding carboxylic acids is 2. The number of pyridine rings is 1. The first-order valence-electron chi connectivity index (χ1n) is 10.8. The number of nitrogens with one attached hydrogen (secondary N) is 2. The second-order valence-corrected chi connectivity index (χ2v) is 8.51. The lowest BCUT2D eigenvalue weighted by atomic mass is 9.82. The largest absolute Gasteiger partial charge is 0.373 e. The molecule has 1 aromatic rings. The molecule has 0 spiro atoms. The van der Waals surface area contributed by atoms with Gasteiger partial charge in [-0.05, 0) is 38.8 Å². The van der Waals surface area contributed by atoms with Crippen LogP contribution in [-0.4, -0.2) is 59.1 Å². The minimum absolute atomic E-state index is 0.0200. The van der Waals surface area contributed by atoms with Crippen LogP contribution in [0.3, 0.4) is 0 Å². The van der Waals surface area contributed by atoms with Gasteiger partial charge in [0, 0.05) is 31.8 Å². The van der Waals surface area contributed by atoms with Crippen molar-refractivity contribution in [3.8, 4) is 11.8 Å². The van der Waals surface area contributed by atoms with Crippen molar-refractivity contribution in [3.05, 3.63) is 23.9 Å². The van der Waals surface area contributed by atoms with E-state index in [-0.39, 0.29) is 24.0 Å². The number of morpholine rings is 1. The van der Waals surface area contributed by atoms with Crippen molar-refractivity contribution in [1.82, 2.24) is 15.2 Å². The van der Waals surface area contributed by atoms with Gasteiger partial charge in [-0.15, -0.1) is 0 Å². The molecule has 7 heteroatoms. The lowest BCUT2D eigenvalue weighted by Crippen LogP contribution is -2.54. The number of carbonyl (C=O) groups is 2. The highest BCUT2D eigenvalue weighted by atomic mass is 16.5. The first-order valence-corrected chi connectivity index (χ1v) is 10.8. The molecular formula is C23H32N4O3. The summed E-state index contributed by atoms with van der Waals surface area (Å²) in [7, 11) is 0. The second-order valence-electron chi connectivity index (χ2n) is 8.51. The molecule has 30 heavy (non-hydrogen) atoms. The van der Waals surface area contributed by atoms with Gasteiger partial charge in [0.15, 0.2) is 0 Å². The summed E-state index contributed by atoms with van der Waals surface area (Å²) in [6.45, 7) is 7.43. The summed E-state index contributed by atoms with van der Waals surface area (Å²) in [5.41, 5.74) is 0.272. The van der Waals surface area contributed by atoms with Crippen LogP contribution in [0.25, 0.3) is 0 Å². The van der Waals surface area contributed by atoms with Crippen LogP contribution < -0.4 is 10.6 Å². The van der Waals surface area contributed by atoms with E-state index in [2.05, 4.69) is 32.4 Å². The van der Waals surface area contributed by atoms with E-state index in [1.807, 2.05) is 19.9 Å².